The first-order valence-corrected chi connectivity index (χ1v) is 11.3. The number of carbonyl (C=O) groups is 1. The van der Waals surface area contributed by atoms with Gasteiger partial charge in [-0.25, -0.2) is 13.1 Å². The number of aryl methyl sites for hydroxylation is 1. The van der Waals surface area contributed by atoms with E-state index in [1.807, 2.05) is 20.0 Å². The zero-order valence-electron chi connectivity index (χ0n) is 15.9. The maximum atomic E-state index is 12.5. The van der Waals surface area contributed by atoms with Crippen LogP contribution in [0.2, 0.25) is 0 Å². The summed E-state index contributed by atoms with van der Waals surface area (Å²) in [5, 5.41) is 7.35. The number of nitrogens with zero attached hydrogens (tertiary/aromatic N) is 3. The van der Waals surface area contributed by atoms with Crippen LogP contribution in [0.15, 0.2) is 6.07 Å². The zero-order chi connectivity index (χ0) is 18.9. The van der Waals surface area contributed by atoms with Crippen LogP contribution in [0.25, 0.3) is 0 Å². The van der Waals surface area contributed by atoms with Gasteiger partial charge >= 0.3 is 0 Å². The summed E-state index contributed by atoms with van der Waals surface area (Å²) in [6.45, 7) is 4.48. The third-order valence-corrected chi connectivity index (χ3v) is 7.43. The molecule has 1 saturated heterocycles. The Morgan fingerprint density at radius 2 is 2.00 bits per heavy atom. The fourth-order valence-electron chi connectivity index (χ4n) is 4.08. The van der Waals surface area contributed by atoms with Crippen molar-refractivity contribution in [2.24, 2.45) is 5.92 Å². The standard InChI is InChI=1S/C18H30N4O3S/c1-13-4-6-15(7-5-13)21(3)11-18(23)19-17-10-14(2)20-22(17)16-8-9-26(24,25)12-16/h10,13,15-16H,4-9,11-12H2,1-3H3,(H,19,23). The molecule has 7 nitrogen and oxygen atoms in total. The molecule has 0 spiro atoms. The van der Waals surface area contributed by atoms with Gasteiger partial charge in [-0.1, -0.05) is 6.92 Å². The van der Waals surface area contributed by atoms with Gasteiger partial charge in [-0.15, -0.1) is 0 Å². The van der Waals surface area contributed by atoms with Crippen molar-refractivity contribution in [3.05, 3.63) is 11.8 Å². The molecule has 1 amide bonds. The number of rotatable bonds is 5. The number of hydrogen-bond donors (Lipinski definition) is 1. The second-order valence-electron chi connectivity index (χ2n) is 8.05. The molecule has 1 aromatic rings. The molecule has 1 aliphatic heterocycles. The normalized spacial score (nSPS) is 28.4. The van der Waals surface area contributed by atoms with Gasteiger partial charge in [-0.3, -0.25) is 9.69 Å². The Labute approximate surface area is 156 Å². The summed E-state index contributed by atoms with van der Waals surface area (Å²) in [5.74, 6) is 1.59. The lowest BCUT2D eigenvalue weighted by atomic mass is 9.87. The van der Waals surface area contributed by atoms with E-state index in [1.54, 1.807) is 4.68 Å². The molecule has 1 N–H and O–H groups in total. The minimum absolute atomic E-state index is 0.0758. The van der Waals surface area contributed by atoms with Gasteiger partial charge in [0.2, 0.25) is 5.91 Å². The summed E-state index contributed by atoms with van der Waals surface area (Å²) < 4.78 is 25.2. The fourth-order valence-corrected chi connectivity index (χ4v) is 5.77. The van der Waals surface area contributed by atoms with E-state index >= 15 is 0 Å². The summed E-state index contributed by atoms with van der Waals surface area (Å²) in [6, 6.07) is 2.08. The Balaban J connectivity index is 1.61. The number of likely N-dealkylation sites (N-methyl/N-ethyl adjacent to an activating group) is 1. The van der Waals surface area contributed by atoms with Gasteiger partial charge in [0.25, 0.3) is 0 Å². The van der Waals surface area contributed by atoms with Crippen molar-refractivity contribution in [2.45, 2.75) is 58.0 Å². The van der Waals surface area contributed by atoms with Crippen LogP contribution in [0.5, 0.6) is 0 Å². The summed E-state index contributed by atoms with van der Waals surface area (Å²) in [7, 11) is -0.993. The molecule has 1 unspecified atom stereocenters. The first-order chi connectivity index (χ1) is 12.2. The fraction of sp³-hybridized carbons (Fsp3) is 0.778. The van der Waals surface area contributed by atoms with Crippen molar-refractivity contribution in [1.29, 1.82) is 0 Å². The summed E-state index contributed by atoms with van der Waals surface area (Å²) >= 11 is 0. The van der Waals surface area contributed by atoms with Crippen LogP contribution in [0, 0.1) is 12.8 Å². The molecule has 3 rings (SSSR count). The quantitative estimate of drug-likeness (QED) is 0.842. The highest BCUT2D eigenvalue weighted by Gasteiger charge is 2.31. The molecule has 1 aromatic heterocycles. The number of hydrogen-bond acceptors (Lipinski definition) is 5. The second kappa shape index (κ2) is 7.68. The Hall–Kier alpha value is -1.41. The highest BCUT2D eigenvalue weighted by molar-refractivity contribution is 7.91. The number of aromatic nitrogens is 2. The molecule has 2 aliphatic rings. The molecule has 146 valence electrons. The topological polar surface area (TPSA) is 84.3 Å². The number of sulfone groups is 1. The van der Waals surface area contributed by atoms with Gasteiger partial charge in [-0.2, -0.15) is 5.10 Å². The van der Waals surface area contributed by atoms with E-state index in [0.29, 0.717) is 24.8 Å². The van der Waals surface area contributed by atoms with Gasteiger partial charge in [-0.05, 0) is 52.0 Å². The lowest BCUT2D eigenvalue weighted by Gasteiger charge is -2.33. The lowest BCUT2D eigenvalue weighted by molar-refractivity contribution is -0.117. The van der Waals surface area contributed by atoms with Gasteiger partial charge in [0.15, 0.2) is 9.84 Å². The lowest BCUT2D eigenvalue weighted by Crippen LogP contribution is -2.40. The first-order valence-electron chi connectivity index (χ1n) is 9.50. The zero-order valence-corrected chi connectivity index (χ0v) is 16.8. The Bertz CT molecular complexity index is 750. The van der Waals surface area contributed by atoms with E-state index < -0.39 is 9.84 Å². The van der Waals surface area contributed by atoms with E-state index in [2.05, 4.69) is 22.2 Å². The Morgan fingerprint density at radius 1 is 1.31 bits per heavy atom. The van der Waals surface area contributed by atoms with Crippen LogP contribution in [-0.2, 0) is 14.6 Å². The summed E-state index contributed by atoms with van der Waals surface area (Å²) in [4.78, 5) is 14.7. The van der Waals surface area contributed by atoms with Crippen molar-refractivity contribution < 1.29 is 13.2 Å². The minimum atomic E-state index is -3.00. The predicted molar refractivity (Wildman–Crippen MR) is 102 cm³/mol. The van der Waals surface area contributed by atoms with Crippen LogP contribution in [0.1, 0.15) is 50.8 Å². The van der Waals surface area contributed by atoms with Crippen molar-refractivity contribution in [3.63, 3.8) is 0 Å². The minimum Gasteiger partial charge on any atom is -0.310 e. The monoisotopic (exact) mass is 382 g/mol. The molecular weight excluding hydrogens is 352 g/mol. The Morgan fingerprint density at radius 3 is 2.62 bits per heavy atom. The largest absolute Gasteiger partial charge is 0.310 e. The van der Waals surface area contributed by atoms with Crippen LogP contribution >= 0.6 is 0 Å². The van der Waals surface area contributed by atoms with Gasteiger partial charge in [0.05, 0.1) is 29.8 Å². The van der Waals surface area contributed by atoms with Gasteiger partial charge < -0.3 is 5.32 Å². The second-order valence-corrected chi connectivity index (χ2v) is 10.3. The molecule has 1 saturated carbocycles. The van der Waals surface area contributed by atoms with Gasteiger partial charge in [0, 0.05) is 12.1 Å². The van der Waals surface area contributed by atoms with E-state index in [4.69, 9.17) is 0 Å². The molecule has 1 atom stereocenters. The molecule has 26 heavy (non-hydrogen) atoms. The SMILES string of the molecule is Cc1cc(NC(=O)CN(C)C2CCC(C)CC2)n(C2CCS(=O)(=O)C2)n1. The third-order valence-electron chi connectivity index (χ3n) is 5.68. The highest BCUT2D eigenvalue weighted by Crippen LogP contribution is 2.28. The van der Waals surface area contributed by atoms with E-state index in [0.717, 1.165) is 24.5 Å². The van der Waals surface area contributed by atoms with Crippen LogP contribution in [0.4, 0.5) is 5.82 Å². The van der Waals surface area contributed by atoms with Crippen molar-refractivity contribution in [3.8, 4) is 0 Å². The van der Waals surface area contributed by atoms with E-state index in [1.165, 1.54) is 12.8 Å². The van der Waals surface area contributed by atoms with Crippen molar-refractivity contribution in [1.82, 2.24) is 14.7 Å². The molecule has 2 heterocycles. The molecule has 0 radical (unpaired) electrons. The van der Waals surface area contributed by atoms with E-state index in [9.17, 15) is 13.2 Å². The molecule has 0 aromatic carbocycles. The summed E-state index contributed by atoms with van der Waals surface area (Å²) in [6.07, 6.45) is 5.27. The van der Waals surface area contributed by atoms with Crippen LogP contribution in [-0.4, -0.2) is 60.1 Å². The molecule has 8 heteroatoms. The van der Waals surface area contributed by atoms with Crippen molar-refractivity contribution in [2.75, 3.05) is 30.4 Å². The average Bonchev–Trinajstić information content (AvgIpc) is 3.09. The molecule has 1 aliphatic carbocycles. The number of anilines is 1. The predicted octanol–water partition coefficient (Wildman–Crippen LogP) is 2.00. The molecular formula is C18H30N4O3S. The van der Waals surface area contributed by atoms with Crippen LogP contribution < -0.4 is 5.32 Å². The average molecular weight is 383 g/mol. The first kappa shape index (κ1) is 19.4. The van der Waals surface area contributed by atoms with Crippen LogP contribution in [0.3, 0.4) is 0 Å². The van der Waals surface area contributed by atoms with Crippen molar-refractivity contribution >= 4 is 21.6 Å². The maximum Gasteiger partial charge on any atom is 0.239 e. The van der Waals surface area contributed by atoms with Gasteiger partial charge in [0.1, 0.15) is 5.82 Å². The smallest absolute Gasteiger partial charge is 0.239 e. The molecule has 2 fully saturated rings. The van der Waals surface area contributed by atoms with E-state index in [-0.39, 0.29) is 23.5 Å². The Kier molecular flexibility index (Phi) is 5.72. The highest BCUT2D eigenvalue weighted by atomic mass is 32.2. The number of amides is 1. The maximum absolute atomic E-state index is 12.5. The summed E-state index contributed by atoms with van der Waals surface area (Å²) in [5.41, 5.74) is 0.777. The third kappa shape index (κ3) is 4.65. The molecule has 0 bridgehead atoms. The number of nitrogens with one attached hydrogen (secondary N) is 1. The number of carbonyl (C=O) groups excluding carboxylic acids is 1.